The maximum Gasteiger partial charge on any atom is 0.191 e. The van der Waals surface area contributed by atoms with E-state index in [4.69, 9.17) is 9.47 Å². The SMILES string of the molecule is CN=C(NCCCOCC1CCOC1)NC1CCC(C(C)C)CC1.I. The Bertz CT molecular complexity index is 366. The molecule has 1 heterocycles. The molecule has 1 atom stereocenters. The molecule has 1 aliphatic heterocycles. The van der Waals surface area contributed by atoms with Crippen molar-refractivity contribution in [1.82, 2.24) is 10.6 Å². The van der Waals surface area contributed by atoms with Crippen molar-refractivity contribution in [2.24, 2.45) is 22.7 Å². The Kier molecular flexibility index (Phi) is 12.1. The van der Waals surface area contributed by atoms with E-state index in [1.54, 1.807) is 0 Å². The quantitative estimate of drug-likeness (QED) is 0.249. The Morgan fingerprint density at radius 3 is 2.56 bits per heavy atom. The predicted molar refractivity (Wildman–Crippen MR) is 115 cm³/mol. The van der Waals surface area contributed by atoms with Crippen LogP contribution in [0.15, 0.2) is 4.99 Å². The van der Waals surface area contributed by atoms with Crippen LogP contribution in [-0.2, 0) is 9.47 Å². The summed E-state index contributed by atoms with van der Waals surface area (Å²) in [5.74, 6) is 3.26. The van der Waals surface area contributed by atoms with Crippen molar-refractivity contribution in [3.05, 3.63) is 0 Å². The van der Waals surface area contributed by atoms with Gasteiger partial charge in [-0.25, -0.2) is 0 Å². The highest BCUT2D eigenvalue weighted by molar-refractivity contribution is 14.0. The molecule has 1 saturated carbocycles. The lowest BCUT2D eigenvalue weighted by molar-refractivity contribution is 0.0888. The second kappa shape index (κ2) is 13.1. The lowest BCUT2D eigenvalue weighted by Crippen LogP contribution is -2.45. The average molecular weight is 467 g/mol. The van der Waals surface area contributed by atoms with Gasteiger partial charge in [-0.05, 0) is 50.4 Å². The second-order valence-electron chi connectivity index (χ2n) is 7.66. The van der Waals surface area contributed by atoms with Crippen LogP contribution in [0.1, 0.15) is 52.4 Å². The van der Waals surface area contributed by atoms with Crippen LogP contribution in [0.2, 0.25) is 0 Å². The van der Waals surface area contributed by atoms with Crippen molar-refractivity contribution in [3.8, 4) is 0 Å². The van der Waals surface area contributed by atoms with Gasteiger partial charge >= 0.3 is 0 Å². The van der Waals surface area contributed by atoms with Crippen LogP contribution in [0.3, 0.4) is 0 Å². The van der Waals surface area contributed by atoms with Crippen molar-refractivity contribution in [3.63, 3.8) is 0 Å². The van der Waals surface area contributed by atoms with E-state index >= 15 is 0 Å². The van der Waals surface area contributed by atoms with Crippen LogP contribution < -0.4 is 10.6 Å². The molecule has 0 aromatic rings. The van der Waals surface area contributed by atoms with Crippen LogP contribution in [-0.4, -0.2) is 52.0 Å². The summed E-state index contributed by atoms with van der Waals surface area (Å²) in [6.45, 7) is 9.01. The van der Waals surface area contributed by atoms with E-state index < -0.39 is 0 Å². The summed E-state index contributed by atoms with van der Waals surface area (Å²) < 4.78 is 11.1. The third kappa shape index (κ3) is 8.91. The predicted octanol–water partition coefficient (Wildman–Crippen LogP) is 3.43. The molecule has 0 spiro atoms. The fraction of sp³-hybridized carbons (Fsp3) is 0.947. The second-order valence-corrected chi connectivity index (χ2v) is 7.66. The maximum atomic E-state index is 5.74. The number of ether oxygens (including phenoxy) is 2. The van der Waals surface area contributed by atoms with E-state index in [0.717, 1.165) is 63.6 Å². The highest BCUT2D eigenvalue weighted by Crippen LogP contribution is 2.29. The first-order chi connectivity index (χ1) is 11.7. The van der Waals surface area contributed by atoms with Gasteiger partial charge in [-0.3, -0.25) is 4.99 Å². The van der Waals surface area contributed by atoms with Gasteiger partial charge in [-0.2, -0.15) is 0 Å². The van der Waals surface area contributed by atoms with Crippen LogP contribution in [0.25, 0.3) is 0 Å². The zero-order valence-corrected chi connectivity index (χ0v) is 18.6. The molecule has 0 aromatic carbocycles. The van der Waals surface area contributed by atoms with E-state index in [1.165, 1.54) is 25.7 Å². The van der Waals surface area contributed by atoms with Crippen LogP contribution in [0, 0.1) is 17.8 Å². The minimum absolute atomic E-state index is 0. The topological polar surface area (TPSA) is 54.9 Å². The molecule has 2 fully saturated rings. The normalized spacial score (nSPS) is 27.2. The van der Waals surface area contributed by atoms with E-state index in [0.29, 0.717) is 12.0 Å². The van der Waals surface area contributed by atoms with E-state index in [-0.39, 0.29) is 24.0 Å². The monoisotopic (exact) mass is 467 g/mol. The molecule has 0 amide bonds. The Hall–Kier alpha value is -0.0800. The Labute approximate surface area is 171 Å². The summed E-state index contributed by atoms with van der Waals surface area (Å²) in [5, 5.41) is 7.00. The molecule has 2 rings (SSSR count). The smallest absolute Gasteiger partial charge is 0.191 e. The molecule has 1 aliphatic carbocycles. The standard InChI is InChI=1S/C19H37N3O2.HI/c1-15(2)17-5-7-18(8-6-17)22-19(20-3)21-10-4-11-23-13-16-9-12-24-14-16;/h15-18H,4-14H2,1-3H3,(H2,20,21,22);1H. The van der Waals surface area contributed by atoms with E-state index in [9.17, 15) is 0 Å². The molecule has 5 nitrogen and oxygen atoms in total. The number of halogens is 1. The lowest BCUT2D eigenvalue weighted by Gasteiger charge is -2.32. The van der Waals surface area contributed by atoms with Gasteiger partial charge in [0.1, 0.15) is 0 Å². The van der Waals surface area contributed by atoms with Gasteiger partial charge in [0.05, 0.1) is 13.2 Å². The van der Waals surface area contributed by atoms with E-state index in [2.05, 4.69) is 29.5 Å². The van der Waals surface area contributed by atoms with Crippen molar-refractivity contribution in [2.45, 2.75) is 58.4 Å². The Morgan fingerprint density at radius 1 is 1.20 bits per heavy atom. The molecule has 0 aromatic heterocycles. The fourth-order valence-corrected chi connectivity index (χ4v) is 3.66. The van der Waals surface area contributed by atoms with Crippen LogP contribution >= 0.6 is 24.0 Å². The number of nitrogens with zero attached hydrogens (tertiary/aromatic N) is 1. The van der Waals surface area contributed by atoms with Gasteiger partial charge in [0, 0.05) is 38.8 Å². The molecule has 25 heavy (non-hydrogen) atoms. The van der Waals surface area contributed by atoms with E-state index in [1.807, 2.05) is 7.05 Å². The summed E-state index contributed by atoms with van der Waals surface area (Å²) >= 11 is 0. The van der Waals surface area contributed by atoms with Crippen molar-refractivity contribution < 1.29 is 9.47 Å². The molecule has 2 N–H and O–H groups in total. The number of guanidine groups is 1. The summed E-state index contributed by atoms with van der Waals surface area (Å²) in [4.78, 5) is 4.35. The first kappa shape index (κ1) is 23.0. The molecular weight excluding hydrogens is 429 g/mol. The summed E-state index contributed by atoms with van der Waals surface area (Å²) in [6, 6.07) is 0.574. The number of nitrogens with one attached hydrogen (secondary N) is 2. The molecule has 1 unspecified atom stereocenters. The van der Waals surface area contributed by atoms with Gasteiger partial charge in [0.15, 0.2) is 5.96 Å². The minimum atomic E-state index is 0. The van der Waals surface area contributed by atoms with Gasteiger partial charge in [0.2, 0.25) is 0 Å². The third-order valence-corrected chi connectivity index (χ3v) is 5.41. The molecule has 0 bridgehead atoms. The zero-order valence-electron chi connectivity index (χ0n) is 16.3. The van der Waals surface area contributed by atoms with Crippen LogP contribution in [0.5, 0.6) is 0 Å². The van der Waals surface area contributed by atoms with Crippen molar-refractivity contribution >= 4 is 29.9 Å². The summed E-state index contributed by atoms with van der Waals surface area (Å²) in [6.07, 6.45) is 7.35. The van der Waals surface area contributed by atoms with Gasteiger partial charge in [-0.15, -0.1) is 24.0 Å². The van der Waals surface area contributed by atoms with Gasteiger partial charge in [-0.1, -0.05) is 13.8 Å². The Balaban J connectivity index is 0.00000312. The molecule has 1 saturated heterocycles. The first-order valence-corrected chi connectivity index (χ1v) is 9.81. The fourth-order valence-electron chi connectivity index (χ4n) is 3.66. The number of hydrogen-bond acceptors (Lipinski definition) is 3. The molecular formula is C19H38IN3O2. The minimum Gasteiger partial charge on any atom is -0.381 e. The highest BCUT2D eigenvalue weighted by atomic mass is 127. The van der Waals surface area contributed by atoms with Crippen molar-refractivity contribution in [2.75, 3.05) is 40.0 Å². The van der Waals surface area contributed by atoms with Crippen molar-refractivity contribution in [1.29, 1.82) is 0 Å². The van der Waals surface area contributed by atoms with Gasteiger partial charge < -0.3 is 20.1 Å². The Morgan fingerprint density at radius 2 is 1.96 bits per heavy atom. The zero-order chi connectivity index (χ0) is 17.2. The average Bonchev–Trinajstić information content (AvgIpc) is 3.10. The van der Waals surface area contributed by atoms with Gasteiger partial charge in [0.25, 0.3) is 0 Å². The first-order valence-electron chi connectivity index (χ1n) is 9.81. The number of hydrogen-bond donors (Lipinski definition) is 2. The lowest BCUT2D eigenvalue weighted by atomic mass is 9.80. The molecule has 2 aliphatic rings. The summed E-state index contributed by atoms with van der Waals surface area (Å²) in [7, 11) is 1.85. The highest BCUT2D eigenvalue weighted by Gasteiger charge is 2.23. The molecule has 0 radical (unpaired) electrons. The number of rotatable bonds is 8. The number of aliphatic imine (C=N–C) groups is 1. The maximum absolute atomic E-state index is 5.74. The largest absolute Gasteiger partial charge is 0.381 e. The molecule has 6 heteroatoms. The third-order valence-electron chi connectivity index (χ3n) is 5.41. The van der Waals surface area contributed by atoms with Crippen LogP contribution in [0.4, 0.5) is 0 Å². The summed E-state index contributed by atoms with van der Waals surface area (Å²) in [5.41, 5.74) is 0. The molecule has 148 valence electrons.